The van der Waals surface area contributed by atoms with E-state index in [1.165, 1.54) is 0 Å². The first-order chi connectivity index (χ1) is 8.83. The molecule has 0 spiro atoms. The maximum absolute atomic E-state index is 11.9. The zero-order valence-electron chi connectivity index (χ0n) is 12.5. The molecule has 0 heterocycles. The van der Waals surface area contributed by atoms with Crippen molar-refractivity contribution in [3.05, 3.63) is 0 Å². The largest absolute Gasteiger partial charge is 0.379 e. The molecule has 2 saturated carbocycles. The van der Waals surface area contributed by atoms with Crippen molar-refractivity contribution in [1.82, 2.24) is 5.32 Å². The van der Waals surface area contributed by atoms with Gasteiger partial charge in [0.15, 0.2) is 0 Å². The lowest BCUT2D eigenvalue weighted by Crippen LogP contribution is -2.61. The zero-order valence-corrected chi connectivity index (χ0v) is 12.5. The second-order valence-electron chi connectivity index (χ2n) is 7.39. The van der Waals surface area contributed by atoms with Crippen LogP contribution in [0.4, 0.5) is 0 Å². The molecule has 4 heteroatoms. The third-order valence-corrected chi connectivity index (χ3v) is 4.08. The highest BCUT2D eigenvalue weighted by molar-refractivity contribution is 5.86. The quantitative estimate of drug-likeness (QED) is 0.660. The Kier molecular flexibility index (Phi) is 4.21. The number of rotatable bonds is 8. The lowest BCUT2D eigenvalue weighted by molar-refractivity contribution is -0.128. The average Bonchev–Trinajstić information content (AvgIpc) is 3.12. The minimum atomic E-state index is -0.612. The van der Waals surface area contributed by atoms with E-state index in [1.54, 1.807) is 0 Å². The molecule has 110 valence electrons. The first kappa shape index (κ1) is 14.8. The molecule has 3 N–H and O–H groups in total. The summed E-state index contributed by atoms with van der Waals surface area (Å²) in [4.78, 5) is 11.9. The number of hydrogen-bond acceptors (Lipinski definition) is 3. The second-order valence-corrected chi connectivity index (χ2v) is 7.39. The smallest absolute Gasteiger partial charge is 0.240 e. The third-order valence-electron chi connectivity index (χ3n) is 4.08. The van der Waals surface area contributed by atoms with E-state index in [2.05, 4.69) is 26.1 Å². The number of hydrogen-bond donors (Lipinski definition) is 2. The summed E-state index contributed by atoms with van der Waals surface area (Å²) in [7, 11) is 0. The maximum Gasteiger partial charge on any atom is 0.240 e. The Bertz CT molecular complexity index is 330. The van der Waals surface area contributed by atoms with E-state index in [1.807, 2.05) is 0 Å². The van der Waals surface area contributed by atoms with E-state index in [0.717, 1.165) is 32.1 Å². The highest BCUT2D eigenvalue weighted by atomic mass is 16.5. The molecule has 0 radical (unpaired) electrons. The molecule has 0 aromatic heterocycles. The van der Waals surface area contributed by atoms with Crippen LogP contribution in [0.3, 0.4) is 0 Å². The fourth-order valence-electron chi connectivity index (χ4n) is 2.40. The summed E-state index contributed by atoms with van der Waals surface area (Å²) < 4.78 is 5.80. The van der Waals surface area contributed by atoms with Gasteiger partial charge in [0.2, 0.25) is 5.91 Å². The molecule has 2 fully saturated rings. The Morgan fingerprint density at radius 1 is 1.26 bits per heavy atom. The Hall–Kier alpha value is -0.610. The van der Waals surface area contributed by atoms with Gasteiger partial charge in [-0.3, -0.25) is 10.1 Å². The second kappa shape index (κ2) is 5.41. The van der Waals surface area contributed by atoms with Gasteiger partial charge in [-0.15, -0.1) is 0 Å². The van der Waals surface area contributed by atoms with Crippen molar-refractivity contribution in [1.29, 1.82) is 0 Å². The molecule has 2 aliphatic carbocycles. The maximum atomic E-state index is 11.9. The monoisotopic (exact) mass is 268 g/mol. The normalized spacial score (nSPS) is 23.1. The lowest BCUT2D eigenvalue weighted by Gasteiger charge is -2.32. The van der Waals surface area contributed by atoms with Gasteiger partial charge in [0.1, 0.15) is 5.54 Å². The summed E-state index contributed by atoms with van der Waals surface area (Å²) in [5, 5.41) is 3.46. The highest BCUT2D eigenvalue weighted by Gasteiger charge is 2.52. The predicted octanol–water partition coefficient (Wildman–Crippen LogP) is 1.83. The average molecular weight is 268 g/mol. The molecular formula is C15H28N2O2. The van der Waals surface area contributed by atoms with Crippen LogP contribution in [0.2, 0.25) is 0 Å². The Morgan fingerprint density at radius 2 is 1.89 bits per heavy atom. The summed E-state index contributed by atoms with van der Waals surface area (Å²) >= 11 is 0. The van der Waals surface area contributed by atoms with Crippen LogP contribution in [0.5, 0.6) is 0 Å². The fourth-order valence-corrected chi connectivity index (χ4v) is 2.40. The SMILES string of the molecule is CC(C)(C)CCOCC(NC1CC1)(C(N)=O)C1CC1. The van der Waals surface area contributed by atoms with E-state index in [-0.39, 0.29) is 11.3 Å². The summed E-state index contributed by atoms with van der Waals surface area (Å²) in [5.41, 5.74) is 5.33. The molecule has 1 amide bonds. The van der Waals surface area contributed by atoms with Gasteiger partial charge < -0.3 is 10.5 Å². The molecular weight excluding hydrogens is 240 g/mol. The van der Waals surface area contributed by atoms with Crippen molar-refractivity contribution < 1.29 is 9.53 Å². The first-order valence-electron chi connectivity index (χ1n) is 7.49. The van der Waals surface area contributed by atoms with Gasteiger partial charge in [-0.2, -0.15) is 0 Å². The number of carbonyl (C=O) groups excluding carboxylic acids is 1. The summed E-state index contributed by atoms with van der Waals surface area (Å²) in [6, 6.07) is 0.472. The molecule has 0 aromatic rings. The van der Waals surface area contributed by atoms with Gasteiger partial charge in [-0.05, 0) is 43.4 Å². The van der Waals surface area contributed by atoms with Gasteiger partial charge in [0.25, 0.3) is 0 Å². The molecule has 0 bridgehead atoms. The molecule has 19 heavy (non-hydrogen) atoms. The van der Waals surface area contributed by atoms with E-state index < -0.39 is 5.54 Å². The van der Waals surface area contributed by atoms with Gasteiger partial charge in [-0.25, -0.2) is 0 Å². The van der Waals surface area contributed by atoms with Crippen molar-refractivity contribution >= 4 is 5.91 Å². The van der Waals surface area contributed by atoms with Gasteiger partial charge >= 0.3 is 0 Å². The highest BCUT2D eigenvalue weighted by Crippen LogP contribution is 2.41. The zero-order chi connectivity index (χ0) is 14.1. The van der Waals surface area contributed by atoms with Crippen molar-refractivity contribution in [2.24, 2.45) is 17.1 Å². The van der Waals surface area contributed by atoms with Crippen LogP contribution < -0.4 is 11.1 Å². The van der Waals surface area contributed by atoms with Crippen LogP contribution in [0.25, 0.3) is 0 Å². The molecule has 2 aliphatic rings. The van der Waals surface area contributed by atoms with Crippen LogP contribution >= 0.6 is 0 Å². The van der Waals surface area contributed by atoms with Gasteiger partial charge in [0.05, 0.1) is 6.61 Å². The first-order valence-corrected chi connectivity index (χ1v) is 7.49. The Labute approximate surface area is 116 Å². The van der Waals surface area contributed by atoms with E-state index in [0.29, 0.717) is 25.2 Å². The topological polar surface area (TPSA) is 64.3 Å². The number of nitrogens with one attached hydrogen (secondary N) is 1. The number of amides is 1. The standard InChI is InChI=1S/C15H28N2O2/c1-14(2,3)8-9-19-10-15(13(16)18,11-4-5-11)17-12-6-7-12/h11-12,17H,4-10H2,1-3H3,(H2,16,18). The van der Waals surface area contributed by atoms with E-state index in [4.69, 9.17) is 10.5 Å². The molecule has 0 aromatic carbocycles. The van der Waals surface area contributed by atoms with Crippen molar-refractivity contribution in [3.63, 3.8) is 0 Å². The van der Waals surface area contributed by atoms with E-state index >= 15 is 0 Å². The van der Waals surface area contributed by atoms with Crippen molar-refractivity contribution in [2.75, 3.05) is 13.2 Å². The molecule has 1 unspecified atom stereocenters. The number of carbonyl (C=O) groups is 1. The van der Waals surface area contributed by atoms with Crippen molar-refractivity contribution in [3.8, 4) is 0 Å². The summed E-state index contributed by atoms with van der Waals surface area (Å²) in [6.07, 6.45) is 5.49. The van der Waals surface area contributed by atoms with Crippen LogP contribution in [-0.4, -0.2) is 30.7 Å². The van der Waals surface area contributed by atoms with Gasteiger partial charge in [0, 0.05) is 12.6 Å². The van der Waals surface area contributed by atoms with Crippen LogP contribution in [0, 0.1) is 11.3 Å². The lowest BCUT2D eigenvalue weighted by atomic mass is 9.92. The number of ether oxygens (including phenoxy) is 1. The molecule has 2 rings (SSSR count). The predicted molar refractivity (Wildman–Crippen MR) is 75.7 cm³/mol. The fraction of sp³-hybridized carbons (Fsp3) is 0.933. The molecule has 4 nitrogen and oxygen atoms in total. The van der Waals surface area contributed by atoms with Crippen molar-refractivity contribution in [2.45, 2.75) is 64.5 Å². The number of primary amides is 1. The Balaban J connectivity index is 1.87. The van der Waals surface area contributed by atoms with Crippen LogP contribution in [0.1, 0.15) is 52.9 Å². The van der Waals surface area contributed by atoms with Crippen LogP contribution in [0.15, 0.2) is 0 Å². The number of nitrogens with two attached hydrogens (primary N) is 1. The van der Waals surface area contributed by atoms with Crippen LogP contribution in [-0.2, 0) is 9.53 Å². The minimum absolute atomic E-state index is 0.238. The molecule has 0 aliphatic heterocycles. The summed E-state index contributed by atoms with van der Waals surface area (Å²) in [6.45, 7) is 7.71. The minimum Gasteiger partial charge on any atom is -0.379 e. The molecule has 1 atom stereocenters. The molecule has 0 saturated heterocycles. The third kappa shape index (κ3) is 4.18. The van der Waals surface area contributed by atoms with Gasteiger partial charge in [-0.1, -0.05) is 20.8 Å². The van der Waals surface area contributed by atoms with E-state index in [9.17, 15) is 4.79 Å². The Morgan fingerprint density at radius 3 is 2.32 bits per heavy atom. The summed E-state index contributed by atoms with van der Waals surface area (Å²) in [5.74, 6) is 0.137.